The molecule has 1 aromatic carbocycles. The summed E-state index contributed by atoms with van der Waals surface area (Å²) < 4.78 is 6.63. The molecule has 122 valence electrons. The number of ether oxygens (including phenoxy) is 1. The molecule has 6 nitrogen and oxygen atoms in total. The molecule has 0 saturated heterocycles. The number of carbonyl (C=O) groups excluding carboxylic acids is 1. The van der Waals surface area contributed by atoms with Crippen molar-refractivity contribution in [1.29, 1.82) is 0 Å². The number of hydrogen-bond acceptors (Lipinski definition) is 5. The maximum Gasteiger partial charge on any atom is 0.337 e. The fourth-order valence-electron chi connectivity index (χ4n) is 3.32. The van der Waals surface area contributed by atoms with Crippen molar-refractivity contribution >= 4 is 5.97 Å². The van der Waals surface area contributed by atoms with Gasteiger partial charge >= 0.3 is 5.97 Å². The minimum Gasteiger partial charge on any atom is -0.465 e. The van der Waals surface area contributed by atoms with E-state index in [4.69, 9.17) is 10.5 Å². The molecule has 6 heteroatoms. The van der Waals surface area contributed by atoms with E-state index in [1.54, 1.807) is 12.1 Å². The Balaban J connectivity index is 2.02. The van der Waals surface area contributed by atoms with E-state index in [-0.39, 0.29) is 5.97 Å². The predicted molar refractivity (Wildman–Crippen MR) is 86.4 cm³/mol. The van der Waals surface area contributed by atoms with Crippen LogP contribution < -0.4 is 5.73 Å². The highest BCUT2D eigenvalue weighted by Crippen LogP contribution is 2.34. The predicted octanol–water partition coefficient (Wildman–Crippen LogP) is 2.56. The van der Waals surface area contributed by atoms with Crippen molar-refractivity contribution in [2.45, 2.75) is 44.6 Å². The largest absolute Gasteiger partial charge is 0.465 e. The normalized spacial score (nSPS) is 15.6. The van der Waals surface area contributed by atoms with Crippen LogP contribution in [-0.4, -0.2) is 28.1 Å². The molecule has 0 atom stereocenters. The van der Waals surface area contributed by atoms with Crippen LogP contribution in [-0.2, 0) is 11.3 Å². The van der Waals surface area contributed by atoms with Gasteiger partial charge in [0.1, 0.15) is 5.69 Å². The van der Waals surface area contributed by atoms with Gasteiger partial charge in [-0.1, -0.05) is 30.5 Å². The van der Waals surface area contributed by atoms with Gasteiger partial charge in [0.25, 0.3) is 0 Å². The van der Waals surface area contributed by atoms with Crippen molar-refractivity contribution in [2.24, 2.45) is 5.73 Å². The Kier molecular flexibility index (Phi) is 4.71. The average molecular weight is 314 g/mol. The molecule has 1 fully saturated rings. The smallest absolute Gasteiger partial charge is 0.337 e. The van der Waals surface area contributed by atoms with Crippen molar-refractivity contribution in [3.8, 4) is 5.69 Å². The molecule has 1 aromatic heterocycles. The second kappa shape index (κ2) is 6.91. The number of rotatable bonds is 4. The van der Waals surface area contributed by atoms with Crippen LogP contribution in [0.3, 0.4) is 0 Å². The van der Waals surface area contributed by atoms with Gasteiger partial charge in [-0.2, -0.15) is 0 Å². The SMILES string of the molecule is COC(=O)c1cccc(-n2nnc(CN)c2C2CCCCC2)c1. The summed E-state index contributed by atoms with van der Waals surface area (Å²) in [6.07, 6.45) is 6.01. The monoisotopic (exact) mass is 314 g/mol. The molecule has 0 spiro atoms. The van der Waals surface area contributed by atoms with E-state index in [1.807, 2.05) is 16.8 Å². The van der Waals surface area contributed by atoms with Crippen LogP contribution in [0.15, 0.2) is 24.3 Å². The molecule has 1 aliphatic rings. The first-order chi connectivity index (χ1) is 11.2. The molecule has 23 heavy (non-hydrogen) atoms. The third-order valence-corrected chi connectivity index (χ3v) is 4.48. The molecule has 1 aliphatic carbocycles. The summed E-state index contributed by atoms with van der Waals surface area (Å²) in [7, 11) is 1.38. The highest BCUT2D eigenvalue weighted by atomic mass is 16.5. The Morgan fingerprint density at radius 1 is 1.35 bits per heavy atom. The third-order valence-electron chi connectivity index (χ3n) is 4.48. The molecule has 1 heterocycles. The van der Waals surface area contributed by atoms with E-state index in [0.29, 0.717) is 18.0 Å². The van der Waals surface area contributed by atoms with Crippen LogP contribution in [0.4, 0.5) is 0 Å². The molecular weight excluding hydrogens is 292 g/mol. The first kappa shape index (κ1) is 15.7. The lowest BCUT2D eigenvalue weighted by Crippen LogP contribution is -2.14. The van der Waals surface area contributed by atoms with E-state index in [9.17, 15) is 4.79 Å². The molecule has 0 aliphatic heterocycles. The van der Waals surface area contributed by atoms with Gasteiger partial charge < -0.3 is 10.5 Å². The quantitative estimate of drug-likeness (QED) is 0.877. The highest BCUT2D eigenvalue weighted by molar-refractivity contribution is 5.89. The maximum absolute atomic E-state index is 11.8. The second-order valence-corrected chi connectivity index (χ2v) is 5.91. The number of carbonyl (C=O) groups is 1. The van der Waals surface area contributed by atoms with Crippen LogP contribution in [0.1, 0.15) is 59.8 Å². The van der Waals surface area contributed by atoms with E-state index >= 15 is 0 Å². The van der Waals surface area contributed by atoms with Crippen molar-refractivity contribution in [3.05, 3.63) is 41.2 Å². The number of aromatic nitrogens is 3. The van der Waals surface area contributed by atoms with Gasteiger partial charge in [-0.15, -0.1) is 5.10 Å². The zero-order chi connectivity index (χ0) is 16.2. The van der Waals surface area contributed by atoms with E-state index in [0.717, 1.165) is 29.9 Å². The Bertz CT molecular complexity index is 690. The summed E-state index contributed by atoms with van der Waals surface area (Å²) in [5.74, 6) is 0.0734. The third kappa shape index (κ3) is 3.12. The number of methoxy groups -OCH3 is 1. The number of benzene rings is 1. The lowest BCUT2D eigenvalue weighted by atomic mass is 9.86. The van der Waals surface area contributed by atoms with E-state index in [1.165, 1.54) is 26.4 Å². The standard InChI is InChI=1S/C17H22N4O2/c1-23-17(22)13-8-5-9-14(10-13)21-16(15(11-18)19-20-21)12-6-3-2-4-7-12/h5,8-10,12H,2-4,6-7,11,18H2,1H3. The molecule has 2 aromatic rings. The lowest BCUT2D eigenvalue weighted by molar-refractivity contribution is 0.0600. The molecule has 1 saturated carbocycles. The van der Waals surface area contributed by atoms with Gasteiger partial charge in [0, 0.05) is 12.5 Å². The van der Waals surface area contributed by atoms with Crippen LogP contribution in [0.25, 0.3) is 5.69 Å². The molecule has 2 N–H and O–H groups in total. The van der Waals surface area contributed by atoms with Crippen LogP contribution >= 0.6 is 0 Å². The topological polar surface area (TPSA) is 83.0 Å². The molecule has 0 amide bonds. The van der Waals surface area contributed by atoms with Crippen molar-refractivity contribution in [1.82, 2.24) is 15.0 Å². The first-order valence-corrected chi connectivity index (χ1v) is 8.08. The fraction of sp³-hybridized carbons (Fsp3) is 0.471. The van der Waals surface area contributed by atoms with Crippen molar-refractivity contribution < 1.29 is 9.53 Å². The van der Waals surface area contributed by atoms with Gasteiger partial charge in [-0.05, 0) is 31.0 Å². The van der Waals surface area contributed by atoms with Crippen LogP contribution in [0.2, 0.25) is 0 Å². The Labute approximate surface area is 135 Å². The minimum atomic E-state index is -0.356. The summed E-state index contributed by atoms with van der Waals surface area (Å²) in [5.41, 5.74) is 9.12. The number of nitrogens with two attached hydrogens (primary N) is 1. The summed E-state index contributed by atoms with van der Waals surface area (Å²) in [5, 5.41) is 8.55. The molecule has 0 unspecified atom stereocenters. The number of hydrogen-bond donors (Lipinski definition) is 1. The summed E-state index contributed by atoms with van der Waals surface area (Å²) in [4.78, 5) is 11.8. The average Bonchev–Trinajstić information content (AvgIpc) is 3.06. The van der Waals surface area contributed by atoms with Gasteiger partial charge in [0.05, 0.1) is 24.1 Å². The van der Waals surface area contributed by atoms with E-state index in [2.05, 4.69) is 10.3 Å². The second-order valence-electron chi connectivity index (χ2n) is 5.91. The Morgan fingerprint density at radius 2 is 2.13 bits per heavy atom. The molecule has 0 bridgehead atoms. The molecular formula is C17H22N4O2. The summed E-state index contributed by atoms with van der Waals surface area (Å²) in [6, 6.07) is 7.27. The Morgan fingerprint density at radius 3 is 2.83 bits per heavy atom. The summed E-state index contributed by atoms with van der Waals surface area (Å²) in [6.45, 7) is 0.378. The highest BCUT2D eigenvalue weighted by Gasteiger charge is 2.24. The molecule has 3 rings (SSSR count). The van der Waals surface area contributed by atoms with Gasteiger partial charge in [0.15, 0.2) is 0 Å². The first-order valence-electron chi connectivity index (χ1n) is 8.08. The zero-order valence-corrected chi connectivity index (χ0v) is 13.4. The van der Waals surface area contributed by atoms with Gasteiger partial charge in [-0.25, -0.2) is 9.48 Å². The fourth-order valence-corrected chi connectivity index (χ4v) is 3.32. The van der Waals surface area contributed by atoms with Crippen LogP contribution in [0.5, 0.6) is 0 Å². The van der Waals surface area contributed by atoms with Crippen molar-refractivity contribution in [3.63, 3.8) is 0 Å². The zero-order valence-electron chi connectivity index (χ0n) is 13.4. The maximum atomic E-state index is 11.8. The summed E-state index contributed by atoms with van der Waals surface area (Å²) >= 11 is 0. The Hall–Kier alpha value is -2.21. The van der Waals surface area contributed by atoms with Gasteiger partial charge in [-0.3, -0.25) is 0 Å². The minimum absolute atomic E-state index is 0.356. The number of esters is 1. The number of nitrogens with zero attached hydrogens (tertiary/aromatic N) is 3. The lowest BCUT2D eigenvalue weighted by Gasteiger charge is -2.23. The van der Waals surface area contributed by atoms with Crippen LogP contribution in [0, 0.1) is 0 Å². The van der Waals surface area contributed by atoms with Crippen molar-refractivity contribution in [2.75, 3.05) is 7.11 Å². The van der Waals surface area contributed by atoms with Gasteiger partial charge in [0.2, 0.25) is 0 Å². The molecule has 0 radical (unpaired) electrons. The van der Waals surface area contributed by atoms with E-state index < -0.39 is 0 Å².